The van der Waals surface area contributed by atoms with E-state index in [-0.39, 0.29) is 29.6 Å². The summed E-state index contributed by atoms with van der Waals surface area (Å²) >= 11 is -0.150. The monoisotopic (exact) mass is 224 g/mol. The van der Waals surface area contributed by atoms with E-state index in [1.807, 2.05) is 0 Å². The van der Waals surface area contributed by atoms with Gasteiger partial charge in [0.15, 0.2) is 0 Å². The van der Waals surface area contributed by atoms with Crippen LogP contribution in [-0.2, 0) is 6.54 Å². The predicted octanol–water partition coefficient (Wildman–Crippen LogP) is 1.50. The van der Waals surface area contributed by atoms with Crippen LogP contribution in [0.5, 0.6) is 0 Å². The van der Waals surface area contributed by atoms with Crippen molar-refractivity contribution in [3.63, 3.8) is 0 Å². The lowest BCUT2D eigenvalue weighted by Gasteiger charge is -2.06. The fourth-order valence-electron chi connectivity index (χ4n) is 0.806. The molecule has 0 amide bonds. The van der Waals surface area contributed by atoms with Crippen LogP contribution in [0.15, 0.2) is 23.4 Å². The van der Waals surface area contributed by atoms with Crippen molar-refractivity contribution in [2.75, 3.05) is 5.75 Å². The van der Waals surface area contributed by atoms with Gasteiger partial charge in [0.25, 0.3) is 5.56 Å². The Hall–Kier alpha value is -0.980. The summed E-state index contributed by atoms with van der Waals surface area (Å²) in [7, 11) is 0. The van der Waals surface area contributed by atoms with Crippen molar-refractivity contribution >= 4 is 11.8 Å². The Morgan fingerprint density at radius 3 is 2.79 bits per heavy atom. The molecule has 1 heterocycles. The highest BCUT2D eigenvalue weighted by atomic mass is 32.2. The van der Waals surface area contributed by atoms with Gasteiger partial charge in [-0.3, -0.25) is 9.36 Å². The number of rotatable bonds is 3. The van der Waals surface area contributed by atoms with E-state index in [9.17, 15) is 18.0 Å². The van der Waals surface area contributed by atoms with Crippen LogP contribution in [0.3, 0.4) is 0 Å². The normalized spacial score (nSPS) is 11.6. The molecule has 3 nitrogen and oxygen atoms in total. The predicted molar refractivity (Wildman–Crippen MR) is 47.0 cm³/mol. The van der Waals surface area contributed by atoms with Crippen molar-refractivity contribution in [3.8, 4) is 0 Å². The lowest BCUT2D eigenvalue weighted by atomic mass is 10.6. The average Bonchev–Trinajstić information content (AvgIpc) is 2.06. The van der Waals surface area contributed by atoms with Gasteiger partial charge in [0, 0.05) is 24.6 Å². The van der Waals surface area contributed by atoms with Gasteiger partial charge in [-0.05, 0) is 11.8 Å². The van der Waals surface area contributed by atoms with Crippen LogP contribution >= 0.6 is 11.8 Å². The Labute approximate surface area is 82.0 Å². The molecule has 1 aromatic heterocycles. The van der Waals surface area contributed by atoms with E-state index >= 15 is 0 Å². The molecule has 0 aliphatic rings. The molecule has 0 saturated heterocycles. The van der Waals surface area contributed by atoms with Crippen LogP contribution in [0.4, 0.5) is 13.2 Å². The first-order valence-corrected chi connectivity index (χ1v) is 4.69. The zero-order chi connectivity index (χ0) is 10.6. The van der Waals surface area contributed by atoms with E-state index in [2.05, 4.69) is 4.98 Å². The molecule has 0 saturated carbocycles. The topological polar surface area (TPSA) is 34.9 Å². The van der Waals surface area contributed by atoms with Gasteiger partial charge < -0.3 is 0 Å². The van der Waals surface area contributed by atoms with Crippen LogP contribution in [0, 0.1) is 0 Å². The fourth-order valence-corrected chi connectivity index (χ4v) is 1.33. The molecule has 1 aromatic rings. The maximum atomic E-state index is 11.7. The maximum Gasteiger partial charge on any atom is 0.441 e. The molecule has 0 aliphatic heterocycles. The minimum absolute atomic E-state index is 0.0108. The number of nitrogens with zero attached hydrogens (tertiary/aromatic N) is 2. The summed E-state index contributed by atoms with van der Waals surface area (Å²) in [6.45, 7) is 0.0108. The van der Waals surface area contributed by atoms with Gasteiger partial charge in [-0.2, -0.15) is 13.2 Å². The van der Waals surface area contributed by atoms with Crippen LogP contribution < -0.4 is 5.56 Å². The van der Waals surface area contributed by atoms with Crippen molar-refractivity contribution in [2.24, 2.45) is 0 Å². The number of halogens is 3. The Kier molecular flexibility index (Phi) is 3.56. The van der Waals surface area contributed by atoms with Crippen molar-refractivity contribution in [3.05, 3.63) is 28.9 Å². The van der Waals surface area contributed by atoms with Crippen molar-refractivity contribution < 1.29 is 13.2 Å². The minimum Gasteiger partial charge on any atom is -0.298 e. The van der Waals surface area contributed by atoms with Gasteiger partial charge in [0.1, 0.15) is 0 Å². The third-order valence-corrected chi connectivity index (χ3v) is 2.10. The van der Waals surface area contributed by atoms with Gasteiger partial charge in [-0.15, -0.1) is 0 Å². The van der Waals surface area contributed by atoms with Crippen LogP contribution in [0.2, 0.25) is 0 Å². The molecule has 0 N–H and O–H groups in total. The Morgan fingerprint density at radius 2 is 2.21 bits per heavy atom. The largest absolute Gasteiger partial charge is 0.441 e. The second-order valence-electron chi connectivity index (χ2n) is 2.41. The van der Waals surface area contributed by atoms with Gasteiger partial charge >= 0.3 is 5.51 Å². The second-order valence-corrected chi connectivity index (χ2v) is 3.57. The van der Waals surface area contributed by atoms with Crippen molar-refractivity contribution in [1.29, 1.82) is 0 Å². The number of aromatic nitrogens is 2. The maximum absolute atomic E-state index is 11.7. The number of alkyl halides is 3. The van der Waals surface area contributed by atoms with Gasteiger partial charge in [0.2, 0.25) is 0 Å². The number of aryl methyl sites for hydroxylation is 1. The summed E-state index contributed by atoms with van der Waals surface area (Å²) in [5.41, 5.74) is -4.59. The first-order chi connectivity index (χ1) is 6.49. The molecule has 1 rings (SSSR count). The standard InChI is InChI=1S/C7H7F3N2OS/c8-7(9,10)14-4-3-12-5-11-2-1-6(12)13/h1-2,5H,3-4H2. The van der Waals surface area contributed by atoms with Crippen LogP contribution in [0.25, 0.3) is 0 Å². The summed E-state index contributed by atoms with van der Waals surface area (Å²) in [5.74, 6) is -0.185. The zero-order valence-corrected chi connectivity index (χ0v) is 7.81. The number of hydrogen-bond acceptors (Lipinski definition) is 3. The lowest BCUT2D eigenvalue weighted by molar-refractivity contribution is -0.0328. The SMILES string of the molecule is O=c1ccncn1CCSC(F)(F)F. The summed E-state index contributed by atoms with van der Waals surface area (Å²) < 4.78 is 36.3. The average molecular weight is 224 g/mol. The fraction of sp³-hybridized carbons (Fsp3) is 0.429. The molecule has 0 aromatic carbocycles. The van der Waals surface area contributed by atoms with Crippen molar-refractivity contribution in [1.82, 2.24) is 9.55 Å². The zero-order valence-electron chi connectivity index (χ0n) is 6.99. The van der Waals surface area contributed by atoms with Crippen LogP contribution in [0.1, 0.15) is 0 Å². The highest BCUT2D eigenvalue weighted by Gasteiger charge is 2.27. The van der Waals surface area contributed by atoms with E-state index in [0.29, 0.717) is 0 Å². The molecule has 14 heavy (non-hydrogen) atoms. The lowest BCUT2D eigenvalue weighted by Crippen LogP contribution is -2.20. The first kappa shape index (κ1) is 11.1. The third kappa shape index (κ3) is 3.82. The van der Waals surface area contributed by atoms with E-state index < -0.39 is 5.51 Å². The van der Waals surface area contributed by atoms with Gasteiger partial charge in [-0.25, -0.2) is 4.98 Å². The number of hydrogen-bond donors (Lipinski definition) is 0. The highest BCUT2D eigenvalue weighted by Crippen LogP contribution is 2.29. The third-order valence-electron chi connectivity index (χ3n) is 1.39. The molecular weight excluding hydrogens is 217 g/mol. The summed E-state index contributed by atoms with van der Waals surface area (Å²) in [6, 6.07) is 1.21. The summed E-state index contributed by atoms with van der Waals surface area (Å²) in [4.78, 5) is 14.6. The molecule has 0 radical (unpaired) electrons. The Balaban J connectivity index is 2.47. The molecule has 0 bridgehead atoms. The summed E-state index contributed by atoms with van der Waals surface area (Å²) in [6.07, 6.45) is 2.52. The molecule has 0 spiro atoms. The van der Waals surface area contributed by atoms with Crippen LogP contribution in [-0.4, -0.2) is 20.8 Å². The van der Waals surface area contributed by atoms with E-state index in [4.69, 9.17) is 0 Å². The Bertz CT molecular complexity index is 349. The first-order valence-electron chi connectivity index (χ1n) is 3.70. The highest BCUT2D eigenvalue weighted by molar-refractivity contribution is 8.00. The number of thioether (sulfide) groups is 1. The van der Waals surface area contributed by atoms with Gasteiger partial charge in [-0.1, -0.05) is 0 Å². The molecule has 78 valence electrons. The molecule has 7 heteroatoms. The van der Waals surface area contributed by atoms with E-state index in [1.165, 1.54) is 18.6 Å². The quantitative estimate of drug-likeness (QED) is 0.780. The minimum atomic E-state index is -4.24. The second kappa shape index (κ2) is 4.50. The molecular formula is C7H7F3N2OS. The summed E-state index contributed by atoms with van der Waals surface area (Å²) in [5, 5.41) is 0. The van der Waals surface area contributed by atoms with Gasteiger partial charge in [0.05, 0.1) is 6.33 Å². The molecule has 0 atom stereocenters. The molecule has 0 unspecified atom stereocenters. The Morgan fingerprint density at radius 1 is 1.50 bits per heavy atom. The van der Waals surface area contributed by atoms with E-state index in [0.717, 1.165) is 4.57 Å². The smallest absolute Gasteiger partial charge is 0.298 e. The molecule has 0 fully saturated rings. The molecule has 0 aliphatic carbocycles. The van der Waals surface area contributed by atoms with Crippen molar-refractivity contribution in [2.45, 2.75) is 12.1 Å². The van der Waals surface area contributed by atoms with E-state index in [1.54, 1.807) is 0 Å².